The Morgan fingerprint density at radius 1 is 1.27 bits per heavy atom. The first-order valence-electron chi connectivity index (χ1n) is 7.82. The van der Waals surface area contributed by atoms with Crippen LogP contribution < -0.4 is 0 Å². The number of hydrogen-bond donors (Lipinski definition) is 0. The van der Waals surface area contributed by atoms with E-state index >= 15 is 0 Å². The summed E-state index contributed by atoms with van der Waals surface area (Å²) in [5.41, 5.74) is 0.999. The van der Waals surface area contributed by atoms with E-state index in [-0.39, 0.29) is 5.91 Å². The molecule has 0 spiro atoms. The molecule has 1 saturated heterocycles. The van der Waals surface area contributed by atoms with Crippen molar-refractivity contribution in [1.29, 1.82) is 0 Å². The monoisotopic (exact) mass is 299 g/mol. The Labute approximate surface area is 130 Å². The van der Waals surface area contributed by atoms with E-state index in [4.69, 9.17) is 0 Å². The number of nitrogens with zero attached hydrogens (tertiary/aromatic N) is 5. The third-order valence-electron chi connectivity index (χ3n) is 4.14. The summed E-state index contributed by atoms with van der Waals surface area (Å²) in [4.78, 5) is 26.9. The maximum atomic E-state index is 12.4. The molecule has 6 nitrogen and oxygen atoms in total. The lowest BCUT2D eigenvalue weighted by Crippen LogP contribution is -2.39. The van der Waals surface area contributed by atoms with Gasteiger partial charge in [0.1, 0.15) is 0 Å². The van der Waals surface area contributed by atoms with Crippen LogP contribution in [-0.4, -0.2) is 43.4 Å². The number of carbonyl (C=O) groups excluding carboxylic acids is 1. The highest BCUT2D eigenvalue weighted by Crippen LogP contribution is 2.25. The van der Waals surface area contributed by atoms with E-state index in [1.165, 1.54) is 0 Å². The molecule has 1 unspecified atom stereocenters. The molecule has 1 fully saturated rings. The van der Waals surface area contributed by atoms with Crippen LogP contribution in [0.1, 0.15) is 37.3 Å². The summed E-state index contributed by atoms with van der Waals surface area (Å²) in [5, 5.41) is 0. The van der Waals surface area contributed by atoms with Crippen LogP contribution in [0.3, 0.4) is 0 Å². The van der Waals surface area contributed by atoms with E-state index in [2.05, 4.69) is 15.0 Å². The van der Waals surface area contributed by atoms with Gasteiger partial charge in [0, 0.05) is 63.0 Å². The van der Waals surface area contributed by atoms with E-state index in [9.17, 15) is 4.79 Å². The van der Waals surface area contributed by atoms with Crippen LogP contribution in [0.15, 0.2) is 37.3 Å². The van der Waals surface area contributed by atoms with Crippen LogP contribution in [0.2, 0.25) is 0 Å². The highest BCUT2D eigenvalue weighted by atomic mass is 16.2. The second kappa shape index (κ2) is 7.15. The standard InChI is InChI=1S/C16H21N5O/c22-16(4-2-8-20-10-7-18-13-20)21-9-1-3-14(12-21)15-11-17-5-6-19-15/h5-7,10-11,13-14H,1-4,8-9,12H2. The van der Waals surface area contributed by atoms with Gasteiger partial charge in [0.2, 0.25) is 5.91 Å². The molecule has 1 aliphatic rings. The van der Waals surface area contributed by atoms with Crippen molar-refractivity contribution in [3.8, 4) is 0 Å². The summed E-state index contributed by atoms with van der Waals surface area (Å²) >= 11 is 0. The molecule has 0 N–H and O–H groups in total. The molecule has 6 heteroatoms. The molecule has 1 atom stereocenters. The van der Waals surface area contributed by atoms with E-state index in [1.807, 2.05) is 21.9 Å². The first-order valence-corrected chi connectivity index (χ1v) is 7.82. The van der Waals surface area contributed by atoms with Crippen molar-refractivity contribution in [2.75, 3.05) is 13.1 Å². The molecule has 3 heterocycles. The molecule has 0 aliphatic carbocycles. The molecular weight excluding hydrogens is 278 g/mol. The molecule has 3 rings (SSSR count). The fourth-order valence-corrected chi connectivity index (χ4v) is 2.96. The second-order valence-electron chi connectivity index (χ2n) is 5.71. The summed E-state index contributed by atoms with van der Waals surface area (Å²) < 4.78 is 2.01. The van der Waals surface area contributed by atoms with Crippen LogP contribution in [0.5, 0.6) is 0 Å². The van der Waals surface area contributed by atoms with E-state index in [1.54, 1.807) is 24.9 Å². The van der Waals surface area contributed by atoms with Crippen molar-refractivity contribution in [2.45, 2.75) is 38.1 Å². The minimum atomic E-state index is 0.244. The van der Waals surface area contributed by atoms with Gasteiger partial charge in [-0.25, -0.2) is 4.98 Å². The van der Waals surface area contributed by atoms with Crippen LogP contribution in [-0.2, 0) is 11.3 Å². The molecule has 116 valence electrons. The molecule has 2 aromatic rings. The van der Waals surface area contributed by atoms with Crippen LogP contribution in [0, 0.1) is 0 Å². The normalized spacial score (nSPS) is 18.4. The van der Waals surface area contributed by atoms with Gasteiger partial charge in [-0.05, 0) is 19.3 Å². The van der Waals surface area contributed by atoms with Crippen molar-refractivity contribution in [3.05, 3.63) is 43.0 Å². The van der Waals surface area contributed by atoms with Crippen molar-refractivity contribution >= 4 is 5.91 Å². The number of aromatic nitrogens is 4. The number of piperidine rings is 1. The third-order valence-corrected chi connectivity index (χ3v) is 4.14. The first kappa shape index (κ1) is 14.7. The van der Waals surface area contributed by atoms with E-state index in [0.29, 0.717) is 12.3 Å². The zero-order valence-electron chi connectivity index (χ0n) is 12.6. The molecule has 2 aromatic heterocycles. The number of hydrogen-bond acceptors (Lipinski definition) is 4. The number of rotatable bonds is 5. The zero-order valence-corrected chi connectivity index (χ0v) is 12.6. The average molecular weight is 299 g/mol. The minimum absolute atomic E-state index is 0.244. The van der Waals surface area contributed by atoms with Crippen LogP contribution in [0.4, 0.5) is 0 Å². The van der Waals surface area contributed by atoms with E-state index < -0.39 is 0 Å². The fraction of sp³-hybridized carbons (Fsp3) is 0.500. The van der Waals surface area contributed by atoms with Gasteiger partial charge in [0.15, 0.2) is 0 Å². The van der Waals surface area contributed by atoms with Crippen molar-refractivity contribution in [3.63, 3.8) is 0 Å². The van der Waals surface area contributed by atoms with Gasteiger partial charge in [0.05, 0.1) is 12.0 Å². The van der Waals surface area contributed by atoms with Gasteiger partial charge >= 0.3 is 0 Å². The van der Waals surface area contributed by atoms with Gasteiger partial charge in [-0.1, -0.05) is 0 Å². The maximum Gasteiger partial charge on any atom is 0.222 e. The summed E-state index contributed by atoms with van der Waals surface area (Å²) in [6.07, 6.45) is 14.3. The molecule has 0 bridgehead atoms. The Morgan fingerprint density at radius 3 is 3.00 bits per heavy atom. The Bertz CT molecular complexity index is 584. The number of imidazole rings is 1. The first-order chi connectivity index (χ1) is 10.8. The van der Waals surface area contributed by atoms with Gasteiger partial charge in [-0.2, -0.15) is 0 Å². The quantitative estimate of drug-likeness (QED) is 0.845. The number of aryl methyl sites for hydroxylation is 1. The number of carbonyl (C=O) groups is 1. The molecule has 0 aromatic carbocycles. The SMILES string of the molecule is O=C(CCCn1ccnc1)N1CCCC(c2cnccn2)C1. The van der Waals surface area contributed by atoms with Crippen LogP contribution >= 0.6 is 0 Å². The number of likely N-dealkylation sites (tertiary alicyclic amines) is 1. The fourth-order valence-electron chi connectivity index (χ4n) is 2.96. The highest BCUT2D eigenvalue weighted by Gasteiger charge is 2.25. The Kier molecular flexibility index (Phi) is 4.78. The summed E-state index contributed by atoms with van der Waals surface area (Å²) in [7, 11) is 0. The Balaban J connectivity index is 1.49. The average Bonchev–Trinajstić information content (AvgIpc) is 3.09. The molecule has 0 radical (unpaired) electrons. The minimum Gasteiger partial charge on any atom is -0.342 e. The third kappa shape index (κ3) is 3.69. The summed E-state index contributed by atoms with van der Waals surface area (Å²) in [6, 6.07) is 0. The second-order valence-corrected chi connectivity index (χ2v) is 5.71. The van der Waals surface area contributed by atoms with Crippen molar-refractivity contribution in [2.24, 2.45) is 0 Å². The van der Waals surface area contributed by atoms with Crippen molar-refractivity contribution < 1.29 is 4.79 Å². The topological polar surface area (TPSA) is 63.9 Å². The molecule has 1 amide bonds. The predicted molar refractivity (Wildman–Crippen MR) is 82.0 cm³/mol. The van der Waals surface area contributed by atoms with Gasteiger partial charge in [-0.15, -0.1) is 0 Å². The number of amides is 1. The summed E-state index contributed by atoms with van der Waals surface area (Å²) in [6.45, 7) is 2.47. The van der Waals surface area contributed by atoms with Crippen molar-refractivity contribution in [1.82, 2.24) is 24.4 Å². The van der Waals surface area contributed by atoms with Gasteiger partial charge in [-0.3, -0.25) is 14.8 Å². The maximum absolute atomic E-state index is 12.4. The zero-order chi connectivity index (χ0) is 15.2. The Morgan fingerprint density at radius 2 is 2.23 bits per heavy atom. The molecule has 22 heavy (non-hydrogen) atoms. The lowest BCUT2D eigenvalue weighted by molar-refractivity contribution is -0.132. The predicted octanol–water partition coefficient (Wildman–Crippen LogP) is 1.86. The highest BCUT2D eigenvalue weighted by molar-refractivity contribution is 5.76. The lowest BCUT2D eigenvalue weighted by atomic mass is 9.95. The van der Waals surface area contributed by atoms with Gasteiger partial charge in [0.25, 0.3) is 0 Å². The largest absolute Gasteiger partial charge is 0.342 e. The smallest absolute Gasteiger partial charge is 0.222 e. The molecule has 1 aliphatic heterocycles. The Hall–Kier alpha value is -2.24. The van der Waals surface area contributed by atoms with Gasteiger partial charge < -0.3 is 9.47 Å². The van der Waals surface area contributed by atoms with Crippen LogP contribution in [0.25, 0.3) is 0 Å². The molecule has 0 saturated carbocycles. The summed E-state index contributed by atoms with van der Waals surface area (Å²) in [5.74, 6) is 0.564. The van der Waals surface area contributed by atoms with E-state index in [0.717, 1.165) is 44.6 Å². The molecular formula is C16H21N5O. The lowest BCUT2D eigenvalue weighted by Gasteiger charge is -2.32.